The summed E-state index contributed by atoms with van der Waals surface area (Å²) in [6.45, 7) is 0. The normalized spacial score (nSPS) is 10.1. The molecular formula is C15H13N6. The summed E-state index contributed by atoms with van der Waals surface area (Å²) in [7, 11) is 0. The predicted octanol–water partition coefficient (Wildman–Crippen LogP) is 3.27. The van der Waals surface area contributed by atoms with E-state index in [0.29, 0.717) is 11.9 Å². The maximum Gasteiger partial charge on any atom is 0.248 e. The summed E-state index contributed by atoms with van der Waals surface area (Å²) in [5, 5.41) is 6.10. The SMILES string of the molecule is [NH]c1nc(Nc2ccccc2)nc(Nc2ccccc2)n1. The molecule has 0 unspecified atom stereocenters. The van der Waals surface area contributed by atoms with Crippen LogP contribution in [0.4, 0.5) is 29.2 Å². The minimum absolute atomic E-state index is 0.0955. The van der Waals surface area contributed by atoms with Crippen molar-refractivity contribution in [1.82, 2.24) is 20.7 Å². The molecule has 2 aromatic carbocycles. The van der Waals surface area contributed by atoms with Gasteiger partial charge >= 0.3 is 0 Å². The third kappa shape index (κ3) is 3.44. The summed E-state index contributed by atoms with van der Waals surface area (Å²) in [4.78, 5) is 12.2. The lowest BCUT2D eigenvalue weighted by atomic mass is 10.3. The zero-order valence-electron chi connectivity index (χ0n) is 11.1. The van der Waals surface area contributed by atoms with Gasteiger partial charge in [-0.25, -0.2) is 0 Å². The van der Waals surface area contributed by atoms with Crippen LogP contribution in [0.3, 0.4) is 0 Å². The van der Waals surface area contributed by atoms with Crippen molar-refractivity contribution >= 4 is 29.2 Å². The van der Waals surface area contributed by atoms with Crippen LogP contribution < -0.4 is 16.4 Å². The fraction of sp³-hybridized carbons (Fsp3) is 0. The number of benzene rings is 2. The second-order valence-corrected chi connectivity index (χ2v) is 4.29. The Morgan fingerprint density at radius 2 is 1.05 bits per heavy atom. The van der Waals surface area contributed by atoms with Gasteiger partial charge in [0.2, 0.25) is 17.8 Å². The third-order valence-electron chi connectivity index (χ3n) is 2.70. The summed E-state index contributed by atoms with van der Waals surface area (Å²) < 4.78 is 0. The average Bonchev–Trinajstić information content (AvgIpc) is 2.48. The van der Waals surface area contributed by atoms with Gasteiger partial charge in [0.05, 0.1) is 0 Å². The number of rotatable bonds is 4. The Kier molecular flexibility index (Phi) is 3.60. The molecule has 1 radical (unpaired) electrons. The van der Waals surface area contributed by atoms with E-state index in [1.54, 1.807) is 0 Å². The molecule has 0 saturated carbocycles. The molecule has 0 aliphatic rings. The molecular weight excluding hydrogens is 264 g/mol. The van der Waals surface area contributed by atoms with Crippen molar-refractivity contribution in [3.63, 3.8) is 0 Å². The number of nitrogens with zero attached hydrogens (tertiary/aromatic N) is 3. The number of aromatic nitrogens is 3. The lowest BCUT2D eigenvalue weighted by Crippen LogP contribution is -2.04. The van der Waals surface area contributed by atoms with Crippen LogP contribution in [0.5, 0.6) is 0 Å². The van der Waals surface area contributed by atoms with Gasteiger partial charge in [0.1, 0.15) is 0 Å². The van der Waals surface area contributed by atoms with Crippen LogP contribution >= 0.6 is 0 Å². The van der Waals surface area contributed by atoms with Crippen LogP contribution in [0.1, 0.15) is 0 Å². The Morgan fingerprint density at radius 1 is 0.619 bits per heavy atom. The van der Waals surface area contributed by atoms with E-state index in [-0.39, 0.29) is 5.95 Å². The first-order valence-electron chi connectivity index (χ1n) is 6.41. The molecule has 0 aliphatic heterocycles. The van der Waals surface area contributed by atoms with Gasteiger partial charge in [-0.05, 0) is 24.3 Å². The van der Waals surface area contributed by atoms with Crippen LogP contribution in [-0.4, -0.2) is 15.0 Å². The van der Waals surface area contributed by atoms with E-state index >= 15 is 0 Å². The summed E-state index contributed by atoms with van der Waals surface area (Å²) in [5.74, 6) is 0.570. The van der Waals surface area contributed by atoms with Crippen molar-refractivity contribution in [3.8, 4) is 0 Å². The quantitative estimate of drug-likeness (QED) is 0.764. The first-order chi connectivity index (χ1) is 10.3. The van der Waals surface area contributed by atoms with E-state index in [1.165, 1.54) is 0 Å². The predicted molar refractivity (Wildman–Crippen MR) is 82.0 cm³/mol. The first-order valence-corrected chi connectivity index (χ1v) is 6.41. The summed E-state index contributed by atoms with van der Waals surface area (Å²) in [5.41, 5.74) is 9.38. The Labute approximate surface area is 122 Å². The topological polar surface area (TPSA) is 86.5 Å². The van der Waals surface area contributed by atoms with Crippen molar-refractivity contribution in [1.29, 1.82) is 0 Å². The smallest absolute Gasteiger partial charge is 0.248 e. The molecule has 0 saturated heterocycles. The van der Waals surface area contributed by atoms with E-state index in [0.717, 1.165) is 11.4 Å². The number of nitrogens with one attached hydrogen (secondary N) is 3. The lowest BCUT2D eigenvalue weighted by Gasteiger charge is -2.08. The molecule has 0 fully saturated rings. The van der Waals surface area contributed by atoms with Crippen molar-refractivity contribution in [2.75, 3.05) is 10.6 Å². The van der Waals surface area contributed by atoms with Crippen molar-refractivity contribution in [2.45, 2.75) is 0 Å². The minimum atomic E-state index is -0.0955. The van der Waals surface area contributed by atoms with Crippen LogP contribution in [-0.2, 0) is 0 Å². The number of hydrogen-bond acceptors (Lipinski definition) is 5. The van der Waals surface area contributed by atoms with Gasteiger partial charge in [-0.3, -0.25) is 5.73 Å². The van der Waals surface area contributed by atoms with Crippen molar-refractivity contribution in [2.24, 2.45) is 0 Å². The highest BCUT2D eigenvalue weighted by Crippen LogP contribution is 2.17. The monoisotopic (exact) mass is 277 g/mol. The van der Waals surface area contributed by atoms with Crippen LogP contribution in [0.15, 0.2) is 60.7 Å². The molecule has 21 heavy (non-hydrogen) atoms. The second kappa shape index (κ2) is 5.87. The first kappa shape index (κ1) is 12.9. The highest BCUT2D eigenvalue weighted by atomic mass is 15.2. The standard InChI is InChI=1S/C15H13N6/c16-13-19-14(17-11-7-3-1-4-8-11)21-15(20-13)18-12-9-5-2-6-10-12/h1-10,16H,(H2,17,18,19,20,21). The van der Waals surface area contributed by atoms with Crippen LogP contribution in [0.2, 0.25) is 0 Å². The third-order valence-corrected chi connectivity index (χ3v) is 2.70. The number of para-hydroxylation sites is 2. The van der Waals surface area contributed by atoms with Gasteiger partial charge in [0.15, 0.2) is 0 Å². The van der Waals surface area contributed by atoms with Crippen molar-refractivity contribution in [3.05, 3.63) is 60.7 Å². The van der Waals surface area contributed by atoms with E-state index in [4.69, 9.17) is 5.73 Å². The molecule has 0 atom stereocenters. The molecule has 0 amide bonds. The molecule has 3 rings (SSSR count). The Bertz CT molecular complexity index is 655. The van der Waals surface area contributed by atoms with Crippen molar-refractivity contribution < 1.29 is 0 Å². The van der Waals surface area contributed by atoms with Gasteiger partial charge in [0.25, 0.3) is 0 Å². The highest BCUT2D eigenvalue weighted by Gasteiger charge is 2.05. The van der Waals surface area contributed by atoms with E-state index < -0.39 is 0 Å². The highest BCUT2D eigenvalue weighted by molar-refractivity contribution is 5.58. The lowest BCUT2D eigenvalue weighted by molar-refractivity contribution is 1.04. The molecule has 0 bridgehead atoms. The maximum absolute atomic E-state index is 7.67. The molecule has 1 aromatic heterocycles. The van der Waals surface area contributed by atoms with Gasteiger partial charge in [-0.15, -0.1) is 0 Å². The van der Waals surface area contributed by atoms with Gasteiger partial charge in [-0.2, -0.15) is 15.0 Å². The molecule has 0 aliphatic carbocycles. The molecule has 3 aromatic rings. The summed E-state index contributed by atoms with van der Waals surface area (Å²) in [6, 6.07) is 19.1. The Hall–Kier alpha value is -3.15. The molecule has 6 heteroatoms. The molecule has 0 spiro atoms. The molecule has 6 nitrogen and oxygen atoms in total. The zero-order chi connectivity index (χ0) is 14.5. The van der Waals surface area contributed by atoms with Crippen LogP contribution in [0.25, 0.3) is 0 Å². The largest absolute Gasteiger partial charge is 0.324 e. The van der Waals surface area contributed by atoms with Gasteiger partial charge in [0, 0.05) is 11.4 Å². The van der Waals surface area contributed by atoms with E-state index in [2.05, 4.69) is 25.6 Å². The zero-order valence-corrected chi connectivity index (χ0v) is 11.1. The minimum Gasteiger partial charge on any atom is -0.324 e. The molecule has 3 N–H and O–H groups in total. The Balaban J connectivity index is 1.83. The van der Waals surface area contributed by atoms with Gasteiger partial charge in [-0.1, -0.05) is 36.4 Å². The maximum atomic E-state index is 7.67. The van der Waals surface area contributed by atoms with E-state index in [1.807, 2.05) is 60.7 Å². The number of hydrogen-bond donors (Lipinski definition) is 2. The molecule has 1 heterocycles. The average molecular weight is 277 g/mol. The molecule has 103 valence electrons. The Morgan fingerprint density at radius 3 is 1.48 bits per heavy atom. The fourth-order valence-electron chi connectivity index (χ4n) is 1.79. The summed E-state index contributed by atoms with van der Waals surface area (Å²) in [6.07, 6.45) is 0. The number of anilines is 4. The second-order valence-electron chi connectivity index (χ2n) is 4.29. The van der Waals surface area contributed by atoms with E-state index in [9.17, 15) is 0 Å². The van der Waals surface area contributed by atoms with Gasteiger partial charge < -0.3 is 10.6 Å². The summed E-state index contributed by atoms with van der Waals surface area (Å²) >= 11 is 0. The van der Waals surface area contributed by atoms with Crippen LogP contribution in [0, 0.1) is 0 Å². The fourth-order valence-corrected chi connectivity index (χ4v) is 1.79.